The fourth-order valence-corrected chi connectivity index (χ4v) is 5.14. The maximum absolute atomic E-state index is 9.72. The normalized spacial score (nSPS) is 15.1. The number of rotatable bonds is 4. The second-order valence-corrected chi connectivity index (χ2v) is 8.72. The van der Waals surface area contributed by atoms with Gasteiger partial charge in [-0.25, -0.2) is 0 Å². The highest BCUT2D eigenvalue weighted by Gasteiger charge is 2.19. The van der Waals surface area contributed by atoms with Crippen LogP contribution in [0.1, 0.15) is 20.9 Å². The average Bonchev–Trinajstić information content (AvgIpc) is 3.45. The number of hydrogen-bond acceptors (Lipinski definition) is 8. The van der Waals surface area contributed by atoms with Crippen LogP contribution in [0, 0.1) is 22.7 Å². The summed E-state index contributed by atoms with van der Waals surface area (Å²) in [6.07, 6.45) is 3.62. The molecule has 0 aliphatic carbocycles. The molecule has 4 heterocycles. The van der Waals surface area contributed by atoms with Gasteiger partial charge in [0.15, 0.2) is 23.0 Å². The number of nitriles is 2. The van der Waals surface area contributed by atoms with Gasteiger partial charge in [-0.2, -0.15) is 10.5 Å². The maximum Gasteiger partial charge on any atom is 0.179 e. The van der Waals surface area contributed by atoms with Gasteiger partial charge in [0.25, 0.3) is 0 Å². The van der Waals surface area contributed by atoms with Crippen molar-refractivity contribution in [2.45, 2.75) is 0 Å². The number of fused-ring (bicyclic) bond motifs is 2. The van der Waals surface area contributed by atoms with Gasteiger partial charge in [-0.05, 0) is 23.3 Å². The Bertz CT molecular complexity index is 1200. The molecule has 0 radical (unpaired) electrons. The first-order valence-corrected chi connectivity index (χ1v) is 11.6. The van der Waals surface area contributed by atoms with Gasteiger partial charge < -0.3 is 18.9 Å². The number of nitrogens with zero attached hydrogens (tertiary/aromatic N) is 2. The van der Waals surface area contributed by atoms with E-state index in [1.54, 1.807) is 0 Å². The molecule has 0 N–H and O–H groups in total. The summed E-state index contributed by atoms with van der Waals surface area (Å²) >= 11 is 2.96. The summed E-state index contributed by atoms with van der Waals surface area (Å²) in [5.74, 6) is 2.81. The third-order valence-electron chi connectivity index (χ3n) is 4.95. The molecule has 1 aromatic carbocycles. The Morgan fingerprint density at radius 1 is 0.688 bits per heavy atom. The summed E-state index contributed by atoms with van der Waals surface area (Å²) in [6, 6.07) is 11.9. The van der Waals surface area contributed by atoms with Gasteiger partial charge in [0.2, 0.25) is 0 Å². The van der Waals surface area contributed by atoms with Gasteiger partial charge >= 0.3 is 0 Å². The smallest absolute Gasteiger partial charge is 0.179 e. The van der Waals surface area contributed by atoms with Crippen LogP contribution in [0.15, 0.2) is 35.0 Å². The molecule has 0 bridgehead atoms. The van der Waals surface area contributed by atoms with E-state index in [1.165, 1.54) is 22.7 Å². The molecule has 32 heavy (non-hydrogen) atoms. The summed E-state index contributed by atoms with van der Waals surface area (Å²) < 4.78 is 22.6. The molecule has 0 atom stereocenters. The minimum absolute atomic E-state index is 0.495. The molecule has 0 fully saturated rings. The molecule has 3 aromatic rings. The Morgan fingerprint density at radius 2 is 1.09 bits per heavy atom. The first-order chi connectivity index (χ1) is 15.8. The van der Waals surface area contributed by atoms with Crippen LogP contribution in [-0.2, 0) is 0 Å². The molecular formula is C24H16N2O4S2. The molecule has 2 aliphatic heterocycles. The predicted molar refractivity (Wildman–Crippen MR) is 124 cm³/mol. The van der Waals surface area contributed by atoms with Gasteiger partial charge in [-0.1, -0.05) is 24.3 Å². The number of hydrogen-bond donors (Lipinski definition) is 0. The van der Waals surface area contributed by atoms with E-state index in [2.05, 4.69) is 12.1 Å². The number of benzene rings is 1. The minimum Gasteiger partial charge on any atom is -0.485 e. The van der Waals surface area contributed by atoms with Crippen molar-refractivity contribution in [1.29, 1.82) is 10.5 Å². The largest absolute Gasteiger partial charge is 0.485 e. The lowest BCUT2D eigenvalue weighted by atomic mass is 10.0. The first kappa shape index (κ1) is 20.2. The van der Waals surface area contributed by atoms with Crippen molar-refractivity contribution in [3.8, 4) is 35.1 Å². The van der Waals surface area contributed by atoms with Gasteiger partial charge in [0.05, 0.1) is 33.0 Å². The molecule has 0 spiro atoms. The molecule has 0 amide bonds. The third-order valence-corrected chi connectivity index (χ3v) is 6.73. The molecule has 6 nitrogen and oxygen atoms in total. The topological polar surface area (TPSA) is 84.5 Å². The van der Waals surface area contributed by atoms with Gasteiger partial charge in [-0.3, -0.25) is 0 Å². The van der Waals surface area contributed by atoms with E-state index in [4.69, 9.17) is 18.9 Å². The standard InChI is InChI=1S/C24H16N2O4S2/c25-11-17(9-21-23-19(13-31-21)27-5-7-29-23)15-1-2-16(4-3-15)18(12-26)10-22-24-20(14-32-22)28-6-8-30-24/h1-4,9-10,13-14H,5-8H2/b17-9+,18-10+. The predicted octanol–water partition coefficient (Wildman–Crippen LogP) is 5.48. The van der Waals surface area contributed by atoms with E-state index >= 15 is 0 Å². The zero-order valence-electron chi connectivity index (χ0n) is 16.8. The molecule has 2 aromatic heterocycles. The van der Waals surface area contributed by atoms with Gasteiger partial charge in [-0.15, -0.1) is 22.7 Å². The highest BCUT2D eigenvalue weighted by atomic mass is 32.1. The summed E-state index contributed by atoms with van der Waals surface area (Å²) in [5.41, 5.74) is 2.54. The highest BCUT2D eigenvalue weighted by molar-refractivity contribution is 7.12. The van der Waals surface area contributed by atoms with Crippen molar-refractivity contribution in [1.82, 2.24) is 0 Å². The van der Waals surface area contributed by atoms with Crippen molar-refractivity contribution < 1.29 is 18.9 Å². The van der Waals surface area contributed by atoms with Gasteiger partial charge in [0, 0.05) is 10.8 Å². The van der Waals surface area contributed by atoms with E-state index < -0.39 is 0 Å². The molecule has 0 saturated carbocycles. The molecule has 0 saturated heterocycles. The van der Waals surface area contributed by atoms with Crippen LogP contribution in [0.2, 0.25) is 0 Å². The zero-order valence-corrected chi connectivity index (χ0v) is 18.4. The number of allylic oxidation sites excluding steroid dienone is 2. The van der Waals surface area contributed by atoms with E-state index in [0.29, 0.717) is 60.6 Å². The molecule has 0 unspecified atom stereocenters. The van der Waals surface area contributed by atoms with Crippen molar-refractivity contribution >= 4 is 46.0 Å². The third kappa shape index (κ3) is 3.82. The zero-order chi connectivity index (χ0) is 21.9. The number of thiophene rings is 2. The quantitative estimate of drug-likeness (QED) is 0.479. The Kier molecular flexibility index (Phi) is 5.55. The average molecular weight is 461 g/mol. The summed E-state index contributed by atoms with van der Waals surface area (Å²) in [5, 5.41) is 23.2. The Labute approximate surface area is 192 Å². The second kappa shape index (κ2) is 8.80. The van der Waals surface area contributed by atoms with E-state index in [0.717, 1.165) is 20.9 Å². The molecule has 2 aliphatic rings. The van der Waals surface area contributed by atoms with Crippen LogP contribution in [0.5, 0.6) is 23.0 Å². The van der Waals surface area contributed by atoms with Crippen molar-refractivity contribution in [2.24, 2.45) is 0 Å². The van der Waals surface area contributed by atoms with Crippen molar-refractivity contribution in [2.75, 3.05) is 26.4 Å². The van der Waals surface area contributed by atoms with Crippen molar-refractivity contribution in [3.05, 3.63) is 55.9 Å². The fourth-order valence-electron chi connectivity index (χ4n) is 3.42. The van der Waals surface area contributed by atoms with E-state index in [-0.39, 0.29) is 0 Å². The van der Waals surface area contributed by atoms with E-state index in [9.17, 15) is 10.5 Å². The molecule has 8 heteroatoms. The lowest BCUT2D eigenvalue weighted by Gasteiger charge is -2.15. The molecule has 5 rings (SSSR count). The van der Waals surface area contributed by atoms with Crippen molar-refractivity contribution in [3.63, 3.8) is 0 Å². The SMILES string of the molecule is N#C/C(=C\c1scc2c1OCCO2)c1ccc(/C(C#N)=C/c2scc3c2OCCO3)cc1. The van der Waals surface area contributed by atoms with Crippen LogP contribution in [-0.4, -0.2) is 26.4 Å². The monoisotopic (exact) mass is 460 g/mol. The minimum atomic E-state index is 0.495. The van der Waals surface area contributed by atoms with Crippen LogP contribution >= 0.6 is 22.7 Å². The van der Waals surface area contributed by atoms with Crippen LogP contribution < -0.4 is 18.9 Å². The number of ether oxygens (including phenoxy) is 4. The summed E-state index contributed by atoms with van der Waals surface area (Å²) in [4.78, 5) is 1.70. The molecule has 158 valence electrons. The molecular weight excluding hydrogens is 444 g/mol. The Balaban J connectivity index is 1.43. The summed E-state index contributed by atoms with van der Waals surface area (Å²) in [7, 11) is 0. The fraction of sp³-hybridized carbons (Fsp3) is 0.167. The van der Waals surface area contributed by atoms with Crippen LogP contribution in [0.3, 0.4) is 0 Å². The maximum atomic E-state index is 9.72. The van der Waals surface area contributed by atoms with Crippen LogP contribution in [0.25, 0.3) is 23.3 Å². The summed E-state index contributed by atoms with van der Waals surface area (Å²) in [6.45, 7) is 2.05. The van der Waals surface area contributed by atoms with Gasteiger partial charge in [0.1, 0.15) is 26.4 Å². The first-order valence-electron chi connectivity index (χ1n) is 9.85. The van der Waals surface area contributed by atoms with Crippen LogP contribution in [0.4, 0.5) is 0 Å². The Hall–Kier alpha value is -3.72. The van der Waals surface area contributed by atoms with E-state index in [1.807, 2.05) is 47.2 Å². The lowest BCUT2D eigenvalue weighted by molar-refractivity contribution is 0.173. The Morgan fingerprint density at radius 3 is 1.50 bits per heavy atom. The lowest BCUT2D eigenvalue weighted by Crippen LogP contribution is -2.14. The second-order valence-electron chi connectivity index (χ2n) is 6.90. The highest BCUT2D eigenvalue weighted by Crippen LogP contribution is 2.42.